The van der Waals surface area contributed by atoms with E-state index in [1.807, 2.05) is 6.08 Å². The van der Waals surface area contributed by atoms with E-state index in [0.29, 0.717) is 12.8 Å². The number of ether oxygens (including phenoxy) is 4. The van der Waals surface area contributed by atoms with Crippen LogP contribution in [-0.2, 0) is 23.7 Å². The van der Waals surface area contributed by atoms with Gasteiger partial charge in [0.2, 0.25) is 5.91 Å². The SMILES string of the molecule is CC/C=C\C/C=C\C/C=C\C/C=C\C/C=C\C/C=C\C/C=C\C/C=C\C/C=C\CCCCCCCC(=O)NC(COC1OC(CO)C(OC2OC(CO)C(O)C(O)C2O)C(O)C1O)C(O)/C=C/CC/C=C/CC/C=C/CCCCCCCCCCCCCCCCCCC. The molecule has 0 radical (unpaired) electrons. The second-order valence-corrected chi connectivity index (χ2v) is 25.3. The first kappa shape index (κ1) is 86.0. The van der Waals surface area contributed by atoms with E-state index >= 15 is 0 Å². The number of hydrogen-bond donors (Lipinski definition) is 9. The summed E-state index contributed by atoms with van der Waals surface area (Å²) >= 11 is 0. The predicted molar refractivity (Wildman–Crippen MR) is 387 cm³/mol. The number of aliphatic hydroxyl groups excluding tert-OH is 8. The largest absolute Gasteiger partial charge is 0.394 e. The maximum atomic E-state index is 13.3. The summed E-state index contributed by atoms with van der Waals surface area (Å²) in [5, 5.41) is 87.5. The van der Waals surface area contributed by atoms with E-state index in [2.05, 4.69) is 153 Å². The van der Waals surface area contributed by atoms with Crippen molar-refractivity contribution in [1.82, 2.24) is 5.32 Å². The van der Waals surface area contributed by atoms with Crippen LogP contribution in [0.2, 0.25) is 0 Å². The molecule has 2 fully saturated rings. The molecule has 0 aromatic heterocycles. The van der Waals surface area contributed by atoms with Crippen LogP contribution in [0, 0.1) is 0 Å². The summed E-state index contributed by atoms with van der Waals surface area (Å²) in [7, 11) is 0. The Labute approximate surface area is 570 Å². The van der Waals surface area contributed by atoms with Gasteiger partial charge in [0.15, 0.2) is 12.6 Å². The van der Waals surface area contributed by atoms with Gasteiger partial charge in [-0.3, -0.25) is 4.79 Å². The molecule has 536 valence electrons. The molecule has 1 amide bonds. The average Bonchev–Trinajstić information content (AvgIpc) is 0.794. The fraction of sp³-hybridized carbons (Fsp3) is 0.688. The number of rotatable bonds is 59. The van der Waals surface area contributed by atoms with Crippen molar-refractivity contribution in [2.75, 3.05) is 19.8 Å². The van der Waals surface area contributed by atoms with Gasteiger partial charge in [0, 0.05) is 6.42 Å². The summed E-state index contributed by atoms with van der Waals surface area (Å²) in [4.78, 5) is 13.3. The predicted octanol–water partition coefficient (Wildman–Crippen LogP) is 16.0. The number of nitrogens with one attached hydrogen (secondary N) is 1. The molecule has 0 spiro atoms. The summed E-state index contributed by atoms with van der Waals surface area (Å²) in [6, 6.07) is -0.962. The molecule has 2 saturated heterocycles. The minimum absolute atomic E-state index is 0.237. The lowest BCUT2D eigenvalue weighted by Gasteiger charge is -2.46. The minimum atomic E-state index is -1.80. The molecule has 0 aliphatic carbocycles. The fourth-order valence-corrected chi connectivity index (χ4v) is 11.1. The van der Waals surface area contributed by atoms with Crippen LogP contribution in [0.25, 0.3) is 0 Å². The first-order valence-corrected chi connectivity index (χ1v) is 37.1. The molecule has 2 heterocycles. The standard InChI is InChI=1S/C80H133NO13/c1-3-5-7-9-11-13-15-17-19-21-23-25-27-29-31-32-33-34-35-36-38-40-42-44-46-48-50-52-54-56-58-60-62-64-72(85)81-68(67-91-79-77(90)75(88)78(71(66-83)93-79)94-80-76(89)74(87)73(86)70(65-82)92-80)69(84)63-61-59-57-55-53-51-49-47-45-43-41-39-37-30-28-26-24-22-20-18-16-14-12-10-8-6-4-2/h5,7,11,13,17,19,23,25,29,31,33-34,36,38,42,44-45,47-48,50,53,55,61,63,68-71,73-80,82-84,86-90H,3-4,6,8-10,12,14-16,18,20-22,24,26-28,30,32,35,37,39-41,43,46,49,51-52,54,56-60,62,64-67H2,1-2H3,(H,81,85)/b7-5-,13-11-,19-17-,25-23-,31-29-,34-33-,38-36-,44-42-,47-45+,50-48-,55-53+,63-61+. The molecule has 0 aromatic carbocycles. The number of amides is 1. The van der Waals surface area contributed by atoms with Crippen LogP contribution in [0.3, 0.4) is 0 Å². The highest BCUT2D eigenvalue weighted by molar-refractivity contribution is 5.76. The van der Waals surface area contributed by atoms with Crippen molar-refractivity contribution in [3.05, 3.63) is 146 Å². The number of allylic oxidation sites excluding steroid dienone is 23. The Balaban J connectivity index is 1.71. The van der Waals surface area contributed by atoms with E-state index in [0.717, 1.165) is 116 Å². The number of carbonyl (C=O) groups is 1. The average molecular weight is 1320 g/mol. The lowest BCUT2D eigenvalue weighted by atomic mass is 9.97. The summed E-state index contributed by atoms with van der Waals surface area (Å²) in [6.07, 6.45) is 77.6. The van der Waals surface area contributed by atoms with Gasteiger partial charge >= 0.3 is 0 Å². The van der Waals surface area contributed by atoms with E-state index in [9.17, 15) is 45.6 Å². The molecule has 2 aliphatic rings. The maximum absolute atomic E-state index is 13.3. The summed E-state index contributed by atoms with van der Waals surface area (Å²) < 4.78 is 22.8. The second-order valence-electron chi connectivity index (χ2n) is 25.3. The molecule has 9 N–H and O–H groups in total. The molecule has 14 heteroatoms. The maximum Gasteiger partial charge on any atom is 0.220 e. The van der Waals surface area contributed by atoms with Gasteiger partial charge in [0.25, 0.3) is 0 Å². The molecule has 12 unspecified atom stereocenters. The number of aliphatic hydroxyl groups is 8. The normalized spacial score (nSPS) is 23.3. The van der Waals surface area contributed by atoms with Gasteiger partial charge in [-0.2, -0.15) is 0 Å². The molecule has 0 bridgehead atoms. The molecule has 12 atom stereocenters. The van der Waals surface area contributed by atoms with Crippen LogP contribution in [0.5, 0.6) is 0 Å². The number of carbonyl (C=O) groups excluding carboxylic acids is 1. The highest BCUT2D eigenvalue weighted by atomic mass is 16.7. The molecular formula is C80H133NO13. The van der Waals surface area contributed by atoms with E-state index in [-0.39, 0.29) is 18.9 Å². The lowest BCUT2D eigenvalue weighted by Crippen LogP contribution is -2.65. The lowest BCUT2D eigenvalue weighted by molar-refractivity contribution is -0.359. The fourth-order valence-electron chi connectivity index (χ4n) is 11.1. The van der Waals surface area contributed by atoms with Crippen molar-refractivity contribution in [2.24, 2.45) is 0 Å². The first-order valence-electron chi connectivity index (χ1n) is 37.1. The van der Waals surface area contributed by atoms with Crippen LogP contribution < -0.4 is 5.32 Å². The Bertz CT molecular complexity index is 2140. The minimum Gasteiger partial charge on any atom is -0.394 e. The van der Waals surface area contributed by atoms with E-state index in [1.165, 1.54) is 109 Å². The zero-order valence-corrected chi connectivity index (χ0v) is 58.4. The molecule has 14 nitrogen and oxygen atoms in total. The van der Waals surface area contributed by atoms with Gasteiger partial charge in [-0.05, 0) is 116 Å². The highest BCUT2D eigenvalue weighted by Crippen LogP contribution is 2.30. The third-order valence-corrected chi connectivity index (χ3v) is 17.0. The van der Waals surface area contributed by atoms with Crippen LogP contribution in [0.15, 0.2) is 146 Å². The molecular weight excluding hydrogens is 1180 g/mol. The number of unbranched alkanes of at least 4 members (excludes halogenated alkanes) is 24. The third kappa shape index (κ3) is 45.4. The monoisotopic (exact) mass is 1320 g/mol. The van der Waals surface area contributed by atoms with Gasteiger partial charge in [-0.25, -0.2) is 0 Å². The van der Waals surface area contributed by atoms with E-state index < -0.39 is 86.8 Å². The van der Waals surface area contributed by atoms with E-state index in [1.54, 1.807) is 6.08 Å². The van der Waals surface area contributed by atoms with Crippen LogP contribution in [-0.4, -0.2) is 140 Å². The smallest absolute Gasteiger partial charge is 0.220 e. The Morgan fingerprint density at radius 2 is 0.745 bits per heavy atom. The van der Waals surface area contributed by atoms with Gasteiger partial charge in [0.1, 0.15) is 48.8 Å². The summed E-state index contributed by atoms with van der Waals surface area (Å²) in [6.45, 7) is 2.66. The highest BCUT2D eigenvalue weighted by Gasteiger charge is 2.51. The Kier molecular flexibility index (Phi) is 57.1. The molecule has 0 saturated carbocycles. The van der Waals surface area contributed by atoms with Crippen molar-refractivity contribution >= 4 is 5.91 Å². The van der Waals surface area contributed by atoms with Crippen molar-refractivity contribution in [3.8, 4) is 0 Å². The molecule has 2 rings (SSSR count). The molecule has 94 heavy (non-hydrogen) atoms. The molecule has 0 aromatic rings. The van der Waals surface area contributed by atoms with Crippen LogP contribution in [0.4, 0.5) is 0 Å². The van der Waals surface area contributed by atoms with Crippen molar-refractivity contribution in [3.63, 3.8) is 0 Å². The van der Waals surface area contributed by atoms with Crippen molar-refractivity contribution in [2.45, 2.75) is 331 Å². The van der Waals surface area contributed by atoms with Crippen LogP contribution in [0.1, 0.15) is 258 Å². The quantitative estimate of drug-likeness (QED) is 0.0204. The topological polar surface area (TPSA) is 228 Å². The van der Waals surface area contributed by atoms with Crippen molar-refractivity contribution < 1.29 is 64.6 Å². The van der Waals surface area contributed by atoms with Crippen LogP contribution >= 0.6 is 0 Å². The summed E-state index contributed by atoms with van der Waals surface area (Å²) in [5.41, 5.74) is 0. The van der Waals surface area contributed by atoms with Gasteiger partial charge in [-0.15, -0.1) is 0 Å². The zero-order valence-electron chi connectivity index (χ0n) is 58.4. The van der Waals surface area contributed by atoms with Gasteiger partial charge < -0.3 is 65.1 Å². The zero-order chi connectivity index (χ0) is 68.0. The molecule has 2 aliphatic heterocycles. The first-order chi connectivity index (χ1) is 46.1. The Hall–Kier alpha value is -4.13. The Morgan fingerprint density at radius 3 is 1.17 bits per heavy atom. The van der Waals surface area contributed by atoms with Gasteiger partial charge in [0.05, 0.1) is 32.0 Å². The Morgan fingerprint density at radius 1 is 0.394 bits per heavy atom. The third-order valence-electron chi connectivity index (χ3n) is 17.0. The summed E-state index contributed by atoms with van der Waals surface area (Å²) in [5.74, 6) is -0.277. The van der Waals surface area contributed by atoms with Crippen molar-refractivity contribution in [1.29, 1.82) is 0 Å². The van der Waals surface area contributed by atoms with Gasteiger partial charge in [-0.1, -0.05) is 282 Å². The number of hydrogen-bond acceptors (Lipinski definition) is 13. The second kappa shape index (κ2) is 62.4. The van der Waals surface area contributed by atoms with E-state index in [4.69, 9.17) is 18.9 Å².